The summed E-state index contributed by atoms with van der Waals surface area (Å²) in [6.45, 7) is 0. The molecule has 20 heavy (non-hydrogen) atoms. The van der Waals surface area contributed by atoms with Gasteiger partial charge in [-0.05, 0) is 39.0 Å². The van der Waals surface area contributed by atoms with Crippen molar-refractivity contribution in [3.05, 3.63) is 49.9 Å². The number of benzene rings is 1. The van der Waals surface area contributed by atoms with E-state index >= 15 is 0 Å². The largest absolute Gasteiger partial charge is 0.408 e. The van der Waals surface area contributed by atoms with Crippen LogP contribution in [0.25, 0.3) is 0 Å². The summed E-state index contributed by atoms with van der Waals surface area (Å²) in [6.07, 6.45) is 0. The summed E-state index contributed by atoms with van der Waals surface area (Å²) in [5.74, 6) is -1.15. The summed E-state index contributed by atoms with van der Waals surface area (Å²) in [4.78, 5) is 10.3. The Kier molecular flexibility index (Phi) is 4.97. The smallest absolute Gasteiger partial charge is 0.358 e. The van der Waals surface area contributed by atoms with Crippen molar-refractivity contribution in [2.75, 3.05) is 0 Å². The molecular formula is C9H3Cl2FN4O2S2. The summed E-state index contributed by atoms with van der Waals surface area (Å²) < 4.78 is 16.7. The number of hydrogen-bond acceptors (Lipinski definition) is 7. The van der Waals surface area contributed by atoms with Crippen molar-refractivity contribution in [3.63, 3.8) is 0 Å². The first-order valence-corrected chi connectivity index (χ1v) is 7.68. The highest BCUT2D eigenvalue weighted by atomic mass is 35.5. The second kappa shape index (κ2) is 6.53. The first-order valence-electron chi connectivity index (χ1n) is 4.82. The van der Waals surface area contributed by atoms with Gasteiger partial charge in [0.15, 0.2) is 10.1 Å². The van der Waals surface area contributed by atoms with Crippen LogP contribution in [0.4, 0.5) is 10.1 Å². The number of nitro groups is 1. The van der Waals surface area contributed by atoms with Gasteiger partial charge in [-0.2, -0.15) is 4.40 Å². The number of hydrogen-bond donors (Lipinski definition) is 0. The van der Waals surface area contributed by atoms with Crippen molar-refractivity contribution in [2.45, 2.75) is 0 Å². The van der Waals surface area contributed by atoms with Crippen molar-refractivity contribution >= 4 is 55.8 Å². The minimum atomic E-state index is -0.721. The van der Waals surface area contributed by atoms with E-state index in [2.05, 4.69) is 14.6 Å². The van der Waals surface area contributed by atoms with E-state index in [0.717, 1.165) is 27.8 Å². The van der Waals surface area contributed by atoms with Crippen LogP contribution in [-0.4, -0.2) is 10.1 Å². The molecule has 0 amide bonds. The van der Waals surface area contributed by atoms with Crippen LogP contribution in [0.5, 0.6) is 0 Å². The molecule has 1 aromatic rings. The minimum absolute atomic E-state index is 0.0113. The zero-order valence-electron chi connectivity index (χ0n) is 9.29. The van der Waals surface area contributed by atoms with Gasteiger partial charge in [-0.1, -0.05) is 23.2 Å². The highest BCUT2D eigenvalue weighted by Crippen LogP contribution is 2.42. The van der Waals surface area contributed by atoms with E-state index in [9.17, 15) is 14.5 Å². The first kappa shape index (κ1) is 15.2. The second-order valence-electron chi connectivity index (χ2n) is 3.25. The van der Waals surface area contributed by atoms with Gasteiger partial charge in [0, 0.05) is 0 Å². The fraction of sp³-hybridized carbons (Fsp3) is 0. The quantitative estimate of drug-likeness (QED) is 0.253. The zero-order valence-corrected chi connectivity index (χ0v) is 12.4. The summed E-state index contributed by atoms with van der Waals surface area (Å²) >= 11 is 11.3. The Morgan fingerprint density at radius 3 is 2.75 bits per heavy atom. The number of rotatable bonds is 3. The van der Waals surface area contributed by atoms with Crippen molar-refractivity contribution in [2.24, 2.45) is 14.6 Å². The molecule has 0 saturated carbocycles. The maximum atomic E-state index is 13.0. The molecule has 11 heteroatoms. The first-order chi connectivity index (χ1) is 9.49. The molecule has 0 aliphatic carbocycles. The third-order valence-electron chi connectivity index (χ3n) is 1.96. The maximum Gasteiger partial charge on any atom is 0.408 e. The summed E-state index contributed by atoms with van der Waals surface area (Å²) in [5.41, 5.74) is 0.181. The third kappa shape index (κ3) is 3.48. The van der Waals surface area contributed by atoms with E-state index in [1.54, 1.807) is 0 Å². The molecule has 0 saturated heterocycles. The topological polar surface area (TPSA) is 80.2 Å². The Balaban J connectivity index is 2.34. The van der Waals surface area contributed by atoms with Gasteiger partial charge in [0.2, 0.25) is 0 Å². The Morgan fingerprint density at radius 2 is 2.20 bits per heavy atom. The minimum Gasteiger partial charge on any atom is -0.358 e. The monoisotopic (exact) mass is 352 g/mol. The summed E-state index contributed by atoms with van der Waals surface area (Å²) in [7, 11) is 2.01. The summed E-state index contributed by atoms with van der Waals surface area (Å²) in [5, 5.41) is 18.0. The van der Waals surface area contributed by atoms with Gasteiger partial charge in [0.25, 0.3) is 0 Å². The van der Waals surface area contributed by atoms with Crippen LogP contribution >= 0.6 is 45.0 Å². The Morgan fingerprint density at radius 1 is 1.45 bits per heavy atom. The molecule has 1 aromatic carbocycles. The predicted molar refractivity (Wildman–Crippen MR) is 78.4 cm³/mol. The lowest BCUT2D eigenvalue weighted by Gasteiger charge is -1.95. The number of azo groups is 1. The molecule has 1 aliphatic rings. The van der Waals surface area contributed by atoms with Crippen molar-refractivity contribution in [1.82, 2.24) is 0 Å². The standard InChI is InChI=1S/C9H3Cl2FN4O2S2/c10-5-3-4(1-2-6(5)12)13-14-9(16(17)18)7-8(11)15-20-19-7/h1-3H/b9-7-,14-13?. The van der Waals surface area contributed by atoms with E-state index in [-0.39, 0.29) is 20.8 Å². The molecule has 104 valence electrons. The Bertz CT molecular complexity index is 665. The second-order valence-corrected chi connectivity index (χ2v) is 5.87. The van der Waals surface area contributed by atoms with Gasteiger partial charge in [-0.25, -0.2) is 4.39 Å². The van der Waals surface area contributed by atoms with Crippen molar-refractivity contribution in [3.8, 4) is 0 Å². The van der Waals surface area contributed by atoms with Gasteiger partial charge >= 0.3 is 5.82 Å². The lowest BCUT2D eigenvalue weighted by atomic mass is 10.3. The van der Waals surface area contributed by atoms with Crippen LogP contribution in [0.2, 0.25) is 5.02 Å². The number of nitrogens with zero attached hydrogens (tertiary/aromatic N) is 4. The molecule has 6 nitrogen and oxygen atoms in total. The van der Waals surface area contributed by atoms with Crippen molar-refractivity contribution < 1.29 is 9.31 Å². The molecule has 1 heterocycles. The molecule has 0 spiro atoms. The van der Waals surface area contributed by atoms with E-state index in [1.807, 2.05) is 0 Å². The lowest BCUT2D eigenvalue weighted by Crippen LogP contribution is -2.01. The van der Waals surface area contributed by atoms with Crippen LogP contribution in [0.1, 0.15) is 0 Å². The molecular weight excluding hydrogens is 350 g/mol. The molecule has 0 atom stereocenters. The van der Waals surface area contributed by atoms with E-state index in [0.29, 0.717) is 0 Å². The van der Waals surface area contributed by atoms with Gasteiger partial charge in [-0.15, -0.1) is 0 Å². The Hall–Kier alpha value is -1.16. The fourth-order valence-electron chi connectivity index (χ4n) is 1.11. The average molecular weight is 353 g/mol. The predicted octanol–water partition coefficient (Wildman–Crippen LogP) is 4.96. The molecule has 0 bridgehead atoms. The van der Waals surface area contributed by atoms with E-state index in [1.165, 1.54) is 12.1 Å². The molecule has 2 rings (SSSR count). The average Bonchev–Trinajstić information content (AvgIpc) is 2.80. The number of allylic oxidation sites excluding steroid dienone is 1. The molecule has 0 radical (unpaired) electrons. The molecule has 0 unspecified atom stereocenters. The molecule has 0 N–H and O–H groups in total. The van der Waals surface area contributed by atoms with Gasteiger partial charge in [-0.3, -0.25) is 0 Å². The normalized spacial score (nSPS) is 17.4. The number of halogens is 3. The molecule has 1 aliphatic heterocycles. The van der Waals surface area contributed by atoms with Crippen LogP contribution < -0.4 is 0 Å². The van der Waals surface area contributed by atoms with Crippen LogP contribution in [0, 0.1) is 15.9 Å². The van der Waals surface area contributed by atoms with Gasteiger partial charge in [0.1, 0.15) is 11.5 Å². The molecule has 0 fully saturated rings. The maximum absolute atomic E-state index is 13.0. The van der Waals surface area contributed by atoms with E-state index in [4.69, 9.17) is 23.2 Å². The van der Waals surface area contributed by atoms with Crippen LogP contribution in [0.15, 0.2) is 43.6 Å². The van der Waals surface area contributed by atoms with Crippen LogP contribution in [-0.2, 0) is 0 Å². The highest BCUT2D eigenvalue weighted by molar-refractivity contribution is 8.78. The third-order valence-corrected chi connectivity index (χ3v) is 4.56. The lowest BCUT2D eigenvalue weighted by molar-refractivity contribution is -0.426. The molecule has 0 aromatic heterocycles. The Labute approximate surface area is 129 Å². The van der Waals surface area contributed by atoms with Gasteiger partial charge in [0.05, 0.1) is 21.1 Å². The highest BCUT2D eigenvalue weighted by Gasteiger charge is 2.27. The zero-order chi connectivity index (χ0) is 14.7. The SMILES string of the molecule is O=[N+]([O-])/C(N=Nc1ccc(F)c(Cl)c1)=C1\SSN=C1Cl. The van der Waals surface area contributed by atoms with Crippen molar-refractivity contribution in [1.29, 1.82) is 0 Å². The van der Waals surface area contributed by atoms with E-state index < -0.39 is 16.6 Å². The van der Waals surface area contributed by atoms with Gasteiger partial charge < -0.3 is 10.1 Å². The van der Waals surface area contributed by atoms with Crippen LogP contribution in [0.3, 0.4) is 0 Å². The summed E-state index contributed by atoms with van der Waals surface area (Å²) in [6, 6.07) is 3.58. The fourth-order valence-corrected chi connectivity index (χ4v) is 3.50.